The van der Waals surface area contributed by atoms with Crippen LogP contribution in [0.2, 0.25) is 0 Å². The van der Waals surface area contributed by atoms with E-state index in [1.54, 1.807) is 6.07 Å². The fourth-order valence-corrected chi connectivity index (χ4v) is 5.09. The zero-order valence-electron chi connectivity index (χ0n) is 15.6. The number of carbonyl (C=O) groups is 2. The molecule has 2 aromatic rings. The maximum atomic E-state index is 12.8. The summed E-state index contributed by atoms with van der Waals surface area (Å²) in [5.41, 5.74) is 2.63. The second-order valence-electron chi connectivity index (χ2n) is 7.29. The lowest BCUT2D eigenvalue weighted by molar-refractivity contribution is 0.0697. The molecule has 0 bridgehead atoms. The van der Waals surface area contributed by atoms with Gasteiger partial charge in [-0.15, -0.1) is 11.3 Å². The van der Waals surface area contributed by atoms with Crippen molar-refractivity contribution in [1.82, 2.24) is 0 Å². The van der Waals surface area contributed by atoms with Crippen LogP contribution in [0.5, 0.6) is 0 Å². The predicted molar refractivity (Wildman–Crippen MR) is 110 cm³/mol. The molecule has 4 rings (SSSR count). The minimum absolute atomic E-state index is 0.259. The normalized spacial score (nSPS) is 17.6. The molecule has 0 unspecified atom stereocenters. The van der Waals surface area contributed by atoms with Crippen molar-refractivity contribution in [3.8, 4) is 0 Å². The average Bonchev–Trinajstić information content (AvgIpc) is 3.38. The van der Waals surface area contributed by atoms with Crippen LogP contribution in [-0.2, 0) is 4.74 Å². The van der Waals surface area contributed by atoms with Crippen molar-refractivity contribution in [2.45, 2.75) is 31.6 Å². The van der Waals surface area contributed by atoms with Gasteiger partial charge in [0.1, 0.15) is 5.00 Å². The summed E-state index contributed by atoms with van der Waals surface area (Å²) < 4.78 is 5.38. The van der Waals surface area contributed by atoms with Gasteiger partial charge >= 0.3 is 5.97 Å². The van der Waals surface area contributed by atoms with E-state index in [0.717, 1.165) is 50.0 Å². The molecule has 148 valence electrons. The molecule has 0 atom stereocenters. The highest BCUT2D eigenvalue weighted by atomic mass is 32.1. The monoisotopic (exact) mass is 400 g/mol. The van der Waals surface area contributed by atoms with Crippen LogP contribution in [0.3, 0.4) is 0 Å². The third-order valence-corrected chi connectivity index (χ3v) is 6.45. The van der Waals surface area contributed by atoms with Gasteiger partial charge in [0.25, 0.3) is 5.91 Å². The third-order valence-electron chi connectivity index (χ3n) is 5.54. The van der Waals surface area contributed by atoms with Gasteiger partial charge in [0.2, 0.25) is 0 Å². The molecule has 1 aromatic heterocycles. The number of amides is 1. The smallest absolute Gasteiger partial charge is 0.339 e. The Labute approximate surface area is 168 Å². The lowest BCUT2D eigenvalue weighted by Crippen LogP contribution is -2.36. The van der Waals surface area contributed by atoms with Crippen LogP contribution in [0.4, 0.5) is 10.7 Å². The minimum Gasteiger partial charge on any atom is -0.478 e. The summed E-state index contributed by atoms with van der Waals surface area (Å²) in [4.78, 5) is 26.9. The molecule has 2 N–H and O–H groups in total. The molecule has 6 nitrogen and oxygen atoms in total. The van der Waals surface area contributed by atoms with Crippen LogP contribution >= 0.6 is 11.3 Å². The van der Waals surface area contributed by atoms with Gasteiger partial charge in [0.15, 0.2) is 0 Å². The van der Waals surface area contributed by atoms with E-state index in [0.29, 0.717) is 23.8 Å². The average molecular weight is 401 g/mol. The van der Waals surface area contributed by atoms with Gasteiger partial charge in [0.05, 0.1) is 18.8 Å². The van der Waals surface area contributed by atoms with Crippen LogP contribution in [0, 0.1) is 0 Å². The first kappa shape index (κ1) is 19.0. The fraction of sp³-hybridized carbons (Fsp3) is 0.429. The Bertz CT molecular complexity index is 867. The highest BCUT2D eigenvalue weighted by Gasteiger charge is 2.27. The standard InChI is InChI=1S/C21H24N2O4S/c24-19(15-6-3-7-16(12-15)23-8-10-27-11-9-23)22-20-18(21(25)26)17(13-28-20)14-4-1-2-5-14/h3,6-7,12-14H,1-2,4-5,8-11H2,(H,22,24)(H,25,26). The summed E-state index contributed by atoms with van der Waals surface area (Å²) in [5, 5.41) is 14.9. The highest BCUT2D eigenvalue weighted by molar-refractivity contribution is 7.15. The molecule has 1 aliphatic carbocycles. The minimum atomic E-state index is -0.972. The SMILES string of the molecule is O=C(Nc1scc(C2CCCC2)c1C(=O)O)c1cccc(N2CCOCC2)c1. The summed E-state index contributed by atoms with van der Waals surface area (Å²) in [7, 11) is 0. The van der Waals surface area contributed by atoms with Gasteiger partial charge in [-0.05, 0) is 47.9 Å². The lowest BCUT2D eigenvalue weighted by atomic mass is 9.96. The number of nitrogens with zero attached hydrogens (tertiary/aromatic N) is 1. The molecular weight excluding hydrogens is 376 g/mol. The number of ether oxygens (including phenoxy) is 1. The Morgan fingerprint density at radius 1 is 1.18 bits per heavy atom. The van der Waals surface area contributed by atoms with E-state index in [9.17, 15) is 14.7 Å². The topological polar surface area (TPSA) is 78.9 Å². The van der Waals surface area contributed by atoms with Crippen molar-refractivity contribution in [2.24, 2.45) is 0 Å². The maximum Gasteiger partial charge on any atom is 0.339 e. The fourth-order valence-electron chi connectivity index (χ4n) is 4.06. The van der Waals surface area contributed by atoms with E-state index in [1.165, 1.54) is 11.3 Å². The second-order valence-corrected chi connectivity index (χ2v) is 8.17. The summed E-state index contributed by atoms with van der Waals surface area (Å²) in [6.45, 7) is 2.95. The van der Waals surface area contributed by atoms with Crippen molar-refractivity contribution in [3.05, 3.63) is 46.3 Å². The van der Waals surface area contributed by atoms with Gasteiger partial charge in [-0.25, -0.2) is 4.79 Å². The Morgan fingerprint density at radius 2 is 1.93 bits per heavy atom. The number of anilines is 2. The Kier molecular flexibility index (Phi) is 5.64. The summed E-state index contributed by atoms with van der Waals surface area (Å²) in [6, 6.07) is 7.45. The number of carboxylic acid groups (broad SMARTS) is 1. The van der Waals surface area contributed by atoms with Crippen molar-refractivity contribution in [2.75, 3.05) is 36.5 Å². The van der Waals surface area contributed by atoms with E-state index in [1.807, 2.05) is 23.6 Å². The number of benzene rings is 1. The van der Waals surface area contributed by atoms with Gasteiger partial charge < -0.3 is 20.1 Å². The molecule has 1 saturated carbocycles. The number of rotatable bonds is 5. The molecule has 1 amide bonds. The highest BCUT2D eigenvalue weighted by Crippen LogP contribution is 2.41. The molecule has 0 radical (unpaired) electrons. The van der Waals surface area contributed by atoms with E-state index < -0.39 is 5.97 Å². The second kappa shape index (κ2) is 8.32. The Balaban J connectivity index is 1.54. The number of aromatic carboxylic acids is 1. The first-order valence-electron chi connectivity index (χ1n) is 9.72. The van der Waals surface area contributed by atoms with Gasteiger partial charge in [0, 0.05) is 24.3 Å². The van der Waals surface area contributed by atoms with Gasteiger partial charge in [-0.2, -0.15) is 0 Å². The zero-order chi connectivity index (χ0) is 19.5. The number of morpholine rings is 1. The molecule has 7 heteroatoms. The van der Waals surface area contributed by atoms with E-state index in [-0.39, 0.29) is 17.4 Å². The van der Waals surface area contributed by atoms with Crippen LogP contribution < -0.4 is 10.2 Å². The van der Waals surface area contributed by atoms with Crippen molar-refractivity contribution in [1.29, 1.82) is 0 Å². The van der Waals surface area contributed by atoms with Gasteiger partial charge in [-0.1, -0.05) is 18.9 Å². The molecule has 2 heterocycles. The number of nitrogens with one attached hydrogen (secondary N) is 1. The molecular formula is C21H24N2O4S. The Morgan fingerprint density at radius 3 is 2.64 bits per heavy atom. The molecule has 0 spiro atoms. The molecule has 2 fully saturated rings. The van der Waals surface area contributed by atoms with Crippen molar-refractivity contribution >= 4 is 33.9 Å². The quantitative estimate of drug-likeness (QED) is 0.787. The first-order valence-corrected chi connectivity index (χ1v) is 10.6. The maximum absolute atomic E-state index is 12.8. The van der Waals surface area contributed by atoms with Crippen LogP contribution in [0.25, 0.3) is 0 Å². The molecule has 2 aliphatic rings. The lowest BCUT2D eigenvalue weighted by Gasteiger charge is -2.29. The van der Waals surface area contributed by atoms with Crippen molar-refractivity contribution < 1.29 is 19.4 Å². The molecule has 1 saturated heterocycles. The number of carboxylic acids is 1. The van der Waals surface area contributed by atoms with E-state index >= 15 is 0 Å². The zero-order valence-corrected chi connectivity index (χ0v) is 16.5. The van der Waals surface area contributed by atoms with Crippen LogP contribution in [0.15, 0.2) is 29.6 Å². The van der Waals surface area contributed by atoms with Crippen LogP contribution in [0.1, 0.15) is 57.9 Å². The number of hydrogen-bond acceptors (Lipinski definition) is 5. The third kappa shape index (κ3) is 3.91. The Hall–Kier alpha value is -2.38. The number of hydrogen-bond donors (Lipinski definition) is 2. The molecule has 1 aliphatic heterocycles. The molecule has 28 heavy (non-hydrogen) atoms. The first-order chi connectivity index (χ1) is 13.6. The van der Waals surface area contributed by atoms with E-state index in [4.69, 9.17) is 4.74 Å². The summed E-state index contributed by atoms with van der Waals surface area (Å²) >= 11 is 1.31. The predicted octanol–water partition coefficient (Wildman–Crippen LogP) is 4.19. The number of thiophene rings is 1. The van der Waals surface area contributed by atoms with Gasteiger partial charge in [-0.3, -0.25) is 4.79 Å². The van der Waals surface area contributed by atoms with E-state index in [2.05, 4.69) is 10.2 Å². The van der Waals surface area contributed by atoms with Crippen molar-refractivity contribution in [3.63, 3.8) is 0 Å². The summed E-state index contributed by atoms with van der Waals surface area (Å²) in [6.07, 6.45) is 4.31. The van der Waals surface area contributed by atoms with Crippen LogP contribution in [-0.4, -0.2) is 43.3 Å². The summed E-state index contributed by atoms with van der Waals surface area (Å²) in [5.74, 6) is -0.962. The largest absolute Gasteiger partial charge is 0.478 e. The number of carbonyl (C=O) groups excluding carboxylic acids is 1. The molecule has 1 aromatic carbocycles.